The van der Waals surface area contributed by atoms with Gasteiger partial charge in [-0.05, 0) is 74.3 Å². The number of carbonyl (C=O) groups excluding carboxylic acids is 1. The van der Waals surface area contributed by atoms with E-state index in [4.69, 9.17) is 14.2 Å². The molecule has 38 heavy (non-hydrogen) atoms. The second-order valence-corrected chi connectivity index (χ2v) is 9.96. The monoisotopic (exact) mass is 512 g/mol. The first kappa shape index (κ1) is 25.9. The van der Waals surface area contributed by atoms with Gasteiger partial charge in [0.2, 0.25) is 0 Å². The van der Waals surface area contributed by atoms with Crippen molar-refractivity contribution in [1.29, 1.82) is 0 Å². The molecule has 0 radical (unpaired) electrons. The number of nitrogens with zero attached hydrogens (tertiary/aromatic N) is 1. The summed E-state index contributed by atoms with van der Waals surface area (Å²) in [6.45, 7) is 6.25. The highest BCUT2D eigenvalue weighted by Gasteiger charge is 2.18. The number of hydrogen-bond donors (Lipinski definition) is 1. The van der Waals surface area contributed by atoms with E-state index in [0.717, 1.165) is 42.1 Å². The molecule has 6 heteroatoms. The Labute approximate surface area is 225 Å². The molecule has 0 bridgehead atoms. The molecular formula is C32H36N2O4. The van der Waals surface area contributed by atoms with Crippen molar-refractivity contribution >= 4 is 17.7 Å². The minimum absolute atomic E-state index is 0.147. The third-order valence-corrected chi connectivity index (χ3v) is 7.18. The smallest absolute Gasteiger partial charge is 0.251 e. The fourth-order valence-electron chi connectivity index (χ4n) is 4.97. The Kier molecular flexibility index (Phi) is 8.29. The molecule has 5 rings (SSSR count). The van der Waals surface area contributed by atoms with Gasteiger partial charge in [0, 0.05) is 35.9 Å². The molecule has 1 N–H and O–H groups in total. The molecule has 2 aliphatic heterocycles. The lowest BCUT2D eigenvalue weighted by molar-refractivity contribution is -0.113. The van der Waals surface area contributed by atoms with Gasteiger partial charge in [0.25, 0.3) is 5.91 Å². The maximum absolute atomic E-state index is 13.3. The molecule has 0 spiro atoms. The fraction of sp³-hybridized carbons (Fsp3) is 0.344. The summed E-state index contributed by atoms with van der Waals surface area (Å²) in [5.74, 6) is 1.93. The number of likely N-dealkylation sites (tertiary alicyclic amines) is 1. The van der Waals surface area contributed by atoms with Crippen LogP contribution in [0.2, 0.25) is 0 Å². The summed E-state index contributed by atoms with van der Waals surface area (Å²) in [7, 11) is 1.63. The Balaban J connectivity index is 1.29. The normalized spacial score (nSPS) is 15.5. The van der Waals surface area contributed by atoms with Crippen LogP contribution < -0.4 is 19.5 Å². The number of carbonyl (C=O) groups is 1. The Morgan fingerprint density at radius 3 is 2.53 bits per heavy atom. The van der Waals surface area contributed by atoms with E-state index in [1.807, 2.05) is 30.3 Å². The summed E-state index contributed by atoms with van der Waals surface area (Å²) in [5, 5.41) is 3.05. The fourth-order valence-corrected chi connectivity index (χ4v) is 4.97. The number of rotatable bonds is 8. The van der Waals surface area contributed by atoms with Gasteiger partial charge in [0.1, 0.15) is 12.4 Å². The number of anilines is 1. The van der Waals surface area contributed by atoms with E-state index < -0.39 is 0 Å². The second-order valence-electron chi connectivity index (χ2n) is 9.96. The van der Waals surface area contributed by atoms with Crippen molar-refractivity contribution in [3.8, 4) is 28.4 Å². The number of nitrogens with one attached hydrogen (secondary N) is 1. The predicted molar refractivity (Wildman–Crippen MR) is 152 cm³/mol. The number of ether oxygens (including phenoxy) is 3. The summed E-state index contributed by atoms with van der Waals surface area (Å²) in [4.78, 5) is 15.7. The van der Waals surface area contributed by atoms with Crippen LogP contribution in [0.1, 0.15) is 36.8 Å². The average Bonchev–Trinajstić information content (AvgIpc) is 3.16. The zero-order chi connectivity index (χ0) is 26.3. The van der Waals surface area contributed by atoms with Crippen LogP contribution in [0.25, 0.3) is 17.2 Å². The van der Waals surface area contributed by atoms with Crippen LogP contribution in [0.4, 0.5) is 5.69 Å². The van der Waals surface area contributed by atoms with E-state index in [0.29, 0.717) is 42.4 Å². The molecule has 1 amide bonds. The highest BCUT2D eigenvalue weighted by atomic mass is 16.5. The molecule has 3 aromatic rings. The van der Waals surface area contributed by atoms with Crippen molar-refractivity contribution in [3.63, 3.8) is 0 Å². The summed E-state index contributed by atoms with van der Waals surface area (Å²) in [6.07, 6.45) is 6.28. The van der Waals surface area contributed by atoms with Crippen LogP contribution >= 0.6 is 0 Å². The van der Waals surface area contributed by atoms with Gasteiger partial charge in [-0.25, -0.2) is 0 Å². The zero-order valence-corrected chi connectivity index (χ0v) is 22.3. The minimum Gasteiger partial charge on any atom is -0.493 e. The molecule has 0 atom stereocenters. The van der Waals surface area contributed by atoms with Crippen LogP contribution in [-0.4, -0.2) is 50.8 Å². The maximum atomic E-state index is 13.3. The average molecular weight is 513 g/mol. The molecule has 0 saturated carbocycles. The number of piperidine rings is 1. The van der Waals surface area contributed by atoms with Crippen molar-refractivity contribution < 1.29 is 19.0 Å². The highest BCUT2D eigenvalue weighted by molar-refractivity contribution is 6.07. The number of methoxy groups -OCH3 is 1. The van der Waals surface area contributed by atoms with E-state index in [9.17, 15) is 4.79 Å². The summed E-state index contributed by atoms with van der Waals surface area (Å²) < 4.78 is 17.5. The number of benzene rings is 3. The van der Waals surface area contributed by atoms with E-state index in [1.54, 1.807) is 7.11 Å². The molecule has 2 heterocycles. The summed E-state index contributed by atoms with van der Waals surface area (Å²) in [5.41, 5.74) is 5.69. The van der Waals surface area contributed by atoms with Crippen molar-refractivity contribution in [1.82, 2.24) is 4.90 Å². The summed E-state index contributed by atoms with van der Waals surface area (Å²) in [6, 6.07) is 20.1. The molecule has 0 unspecified atom stereocenters. The third-order valence-electron chi connectivity index (χ3n) is 7.18. The highest BCUT2D eigenvalue weighted by Crippen LogP contribution is 2.33. The van der Waals surface area contributed by atoms with Gasteiger partial charge in [-0.3, -0.25) is 9.69 Å². The molecule has 1 fully saturated rings. The quantitative estimate of drug-likeness (QED) is 0.382. The summed E-state index contributed by atoms with van der Waals surface area (Å²) >= 11 is 0. The molecule has 198 valence electrons. The molecule has 6 nitrogen and oxygen atoms in total. The number of fused-ring (bicyclic) bond motifs is 1. The van der Waals surface area contributed by atoms with Gasteiger partial charge in [-0.15, -0.1) is 0 Å². The maximum Gasteiger partial charge on any atom is 0.251 e. The number of amides is 1. The Hall–Kier alpha value is -3.77. The Morgan fingerprint density at radius 1 is 0.947 bits per heavy atom. The van der Waals surface area contributed by atoms with Gasteiger partial charge in [-0.2, -0.15) is 0 Å². The lowest BCUT2D eigenvalue weighted by Crippen LogP contribution is -2.33. The first-order valence-corrected chi connectivity index (χ1v) is 13.5. The predicted octanol–water partition coefficient (Wildman–Crippen LogP) is 6.34. The van der Waals surface area contributed by atoms with Crippen LogP contribution in [0.15, 0.2) is 66.2 Å². The molecule has 0 aromatic heterocycles. The standard InChI is InChI=1S/C32H36N2O4/c1-23-6-8-24(9-7-23)25-10-12-29-27(20-25)21-26(14-18-37-29)32(35)33-28-11-13-30(36-2)31(22-28)38-19-17-34-15-4-3-5-16-34/h6-13,20-22H,3-5,14-19H2,1-2H3,(H,33,35). The lowest BCUT2D eigenvalue weighted by Gasteiger charge is -2.26. The number of hydrogen-bond acceptors (Lipinski definition) is 5. The number of aryl methyl sites for hydroxylation is 1. The van der Waals surface area contributed by atoms with E-state index in [2.05, 4.69) is 53.5 Å². The van der Waals surface area contributed by atoms with Crippen LogP contribution in [0.5, 0.6) is 17.2 Å². The van der Waals surface area contributed by atoms with Crippen molar-refractivity contribution in [2.45, 2.75) is 32.6 Å². The van der Waals surface area contributed by atoms with Gasteiger partial charge in [0.05, 0.1) is 13.7 Å². The first-order chi connectivity index (χ1) is 18.6. The van der Waals surface area contributed by atoms with Crippen LogP contribution in [-0.2, 0) is 4.79 Å². The van der Waals surface area contributed by atoms with E-state index in [1.165, 1.54) is 24.8 Å². The Morgan fingerprint density at radius 2 is 1.74 bits per heavy atom. The van der Waals surface area contributed by atoms with Gasteiger partial charge >= 0.3 is 0 Å². The van der Waals surface area contributed by atoms with E-state index >= 15 is 0 Å². The van der Waals surface area contributed by atoms with Crippen molar-refractivity contribution in [2.75, 3.05) is 45.3 Å². The van der Waals surface area contributed by atoms with E-state index in [-0.39, 0.29) is 5.91 Å². The second kappa shape index (κ2) is 12.2. The molecular weight excluding hydrogens is 476 g/mol. The SMILES string of the molecule is COc1ccc(NC(=O)C2=Cc3cc(-c4ccc(C)cc4)ccc3OCC2)cc1OCCN1CCCCC1. The van der Waals surface area contributed by atoms with Gasteiger partial charge in [0.15, 0.2) is 11.5 Å². The third kappa shape index (κ3) is 6.37. The minimum atomic E-state index is -0.147. The first-order valence-electron chi connectivity index (χ1n) is 13.5. The zero-order valence-electron chi connectivity index (χ0n) is 22.3. The van der Waals surface area contributed by atoms with Crippen LogP contribution in [0.3, 0.4) is 0 Å². The van der Waals surface area contributed by atoms with Gasteiger partial charge in [-0.1, -0.05) is 42.3 Å². The van der Waals surface area contributed by atoms with Crippen molar-refractivity contribution in [3.05, 3.63) is 77.4 Å². The Bertz CT molecular complexity index is 1290. The molecule has 2 aliphatic rings. The topological polar surface area (TPSA) is 60.0 Å². The molecule has 0 aliphatic carbocycles. The van der Waals surface area contributed by atoms with Crippen LogP contribution in [0, 0.1) is 6.92 Å². The molecule has 1 saturated heterocycles. The largest absolute Gasteiger partial charge is 0.493 e. The van der Waals surface area contributed by atoms with Gasteiger partial charge < -0.3 is 19.5 Å². The van der Waals surface area contributed by atoms with Crippen molar-refractivity contribution in [2.24, 2.45) is 0 Å². The molecule has 3 aromatic carbocycles. The lowest BCUT2D eigenvalue weighted by atomic mass is 10.00.